The van der Waals surface area contributed by atoms with Gasteiger partial charge in [-0.15, -0.1) is 6.58 Å². The lowest BCUT2D eigenvalue weighted by Crippen LogP contribution is -2.53. The highest BCUT2D eigenvalue weighted by Crippen LogP contribution is 2.24. The molecular weight excluding hydrogens is 360 g/mol. The third-order valence-electron chi connectivity index (χ3n) is 3.92. The summed E-state index contributed by atoms with van der Waals surface area (Å²) in [4.78, 5) is 26.1. The second-order valence-corrected chi connectivity index (χ2v) is 6.40. The molecule has 1 aliphatic rings. The van der Waals surface area contributed by atoms with Gasteiger partial charge < -0.3 is 4.74 Å². The number of benzene rings is 2. The molecule has 0 unspecified atom stereocenters. The van der Waals surface area contributed by atoms with Crippen molar-refractivity contribution in [3.63, 3.8) is 0 Å². The molecule has 0 bridgehead atoms. The average molecular weight is 378 g/mol. The number of nitrogens with zero attached hydrogens (tertiary/aromatic N) is 1. The Morgan fingerprint density at radius 2 is 1.89 bits per heavy atom. The Hall–Kier alpha value is -3.25. The van der Waals surface area contributed by atoms with Crippen LogP contribution >= 0.6 is 12.2 Å². The zero-order chi connectivity index (χ0) is 19.4. The van der Waals surface area contributed by atoms with Gasteiger partial charge in [0.2, 0.25) is 0 Å². The quantitative estimate of drug-likeness (QED) is 0.374. The van der Waals surface area contributed by atoms with Crippen molar-refractivity contribution in [2.45, 2.75) is 6.92 Å². The van der Waals surface area contributed by atoms with Crippen molar-refractivity contribution in [1.82, 2.24) is 10.2 Å². The summed E-state index contributed by atoms with van der Waals surface area (Å²) in [6, 6.07) is 14.8. The molecule has 0 aromatic heterocycles. The monoisotopic (exact) mass is 378 g/mol. The third-order valence-corrected chi connectivity index (χ3v) is 4.25. The molecule has 2 aromatic rings. The van der Waals surface area contributed by atoms with Crippen LogP contribution in [-0.2, 0) is 9.59 Å². The number of aryl methyl sites for hydroxylation is 1. The minimum atomic E-state index is -0.518. The molecule has 5 nitrogen and oxygen atoms in total. The van der Waals surface area contributed by atoms with Crippen LogP contribution in [-0.4, -0.2) is 28.4 Å². The molecule has 0 spiro atoms. The van der Waals surface area contributed by atoms with Gasteiger partial charge in [0.1, 0.15) is 17.1 Å². The lowest BCUT2D eigenvalue weighted by Gasteiger charge is -2.27. The van der Waals surface area contributed by atoms with Crippen molar-refractivity contribution < 1.29 is 14.3 Å². The number of ether oxygens (including phenoxy) is 1. The summed E-state index contributed by atoms with van der Waals surface area (Å²) in [6.45, 7) is 5.84. The van der Waals surface area contributed by atoms with Gasteiger partial charge in [-0.25, -0.2) is 0 Å². The van der Waals surface area contributed by atoms with Gasteiger partial charge in [0, 0.05) is 6.54 Å². The molecule has 1 heterocycles. The molecule has 3 rings (SSSR count). The van der Waals surface area contributed by atoms with Crippen molar-refractivity contribution in [3.05, 3.63) is 77.9 Å². The van der Waals surface area contributed by atoms with E-state index in [0.717, 1.165) is 5.56 Å². The van der Waals surface area contributed by atoms with Crippen LogP contribution in [0.15, 0.2) is 66.8 Å². The second kappa shape index (κ2) is 7.97. The number of thiocarbonyl (C=S) groups is 1. The first-order chi connectivity index (χ1) is 13.0. The van der Waals surface area contributed by atoms with E-state index in [9.17, 15) is 9.59 Å². The van der Waals surface area contributed by atoms with E-state index in [4.69, 9.17) is 17.0 Å². The molecule has 1 saturated heterocycles. The summed E-state index contributed by atoms with van der Waals surface area (Å²) in [5, 5.41) is 2.61. The van der Waals surface area contributed by atoms with E-state index >= 15 is 0 Å². The molecule has 0 radical (unpaired) electrons. The van der Waals surface area contributed by atoms with Crippen LogP contribution in [0.4, 0.5) is 0 Å². The van der Waals surface area contributed by atoms with Crippen LogP contribution < -0.4 is 10.1 Å². The lowest BCUT2D eigenvalue weighted by atomic mass is 10.1. The topological polar surface area (TPSA) is 58.6 Å². The summed E-state index contributed by atoms with van der Waals surface area (Å²) in [5.41, 5.74) is 1.83. The van der Waals surface area contributed by atoms with E-state index in [1.165, 1.54) is 11.0 Å². The van der Waals surface area contributed by atoms with Crippen molar-refractivity contribution in [1.29, 1.82) is 0 Å². The highest BCUT2D eigenvalue weighted by atomic mass is 32.1. The van der Waals surface area contributed by atoms with Crippen molar-refractivity contribution in [2.24, 2.45) is 0 Å². The maximum absolute atomic E-state index is 12.6. The van der Waals surface area contributed by atoms with Gasteiger partial charge >= 0.3 is 0 Å². The summed E-state index contributed by atoms with van der Waals surface area (Å²) >= 11 is 5.05. The Balaban J connectivity index is 1.86. The number of amides is 2. The number of nitrogens with one attached hydrogen (secondary N) is 1. The molecule has 0 atom stereocenters. The van der Waals surface area contributed by atoms with Crippen LogP contribution in [0, 0.1) is 6.92 Å². The van der Waals surface area contributed by atoms with Crippen LogP contribution in [0.2, 0.25) is 0 Å². The first kappa shape index (κ1) is 18.5. The van der Waals surface area contributed by atoms with E-state index in [1.54, 1.807) is 24.3 Å². The van der Waals surface area contributed by atoms with Gasteiger partial charge in [-0.05, 0) is 55.0 Å². The molecule has 2 amide bonds. The SMILES string of the molecule is C=CCN1C(=O)C(=Cc2cccc(Oc3ccc(C)cc3)c2)C(=O)NC1=S. The fourth-order valence-corrected chi connectivity index (χ4v) is 2.82. The fourth-order valence-electron chi connectivity index (χ4n) is 2.57. The van der Waals surface area contributed by atoms with Gasteiger partial charge in [-0.3, -0.25) is 19.8 Å². The molecule has 1 aliphatic heterocycles. The van der Waals surface area contributed by atoms with E-state index in [2.05, 4.69) is 11.9 Å². The fraction of sp³-hybridized carbons (Fsp3) is 0.0952. The highest BCUT2D eigenvalue weighted by molar-refractivity contribution is 7.80. The summed E-state index contributed by atoms with van der Waals surface area (Å²) in [7, 11) is 0. The maximum Gasteiger partial charge on any atom is 0.265 e. The molecule has 27 heavy (non-hydrogen) atoms. The number of carbonyl (C=O) groups is 2. The minimum absolute atomic E-state index is 0.0120. The molecular formula is C21H18N2O3S. The number of rotatable bonds is 5. The second-order valence-electron chi connectivity index (χ2n) is 6.01. The smallest absolute Gasteiger partial charge is 0.265 e. The number of carbonyl (C=O) groups excluding carboxylic acids is 2. The Labute approximate surface area is 162 Å². The molecule has 1 fully saturated rings. The van der Waals surface area contributed by atoms with Crippen molar-refractivity contribution in [3.8, 4) is 11.5 Å². The molecule has 2 aromatic carbocycles. The van der Waals surface area contributed by atoms with Crippen LogP contribution in [0.25, 0.3) is 6.08 Å². The average Bonchev–Trinajstić information content (AvgIpc) is 2.64. The zero-order valence-corrected chi connectivity index (χ0v) is 15.6. The number of hydrogen-bond acceptors (Lipinski definition) is 4. The van der Waals surface area contributed by atoms with Crippen LogP contribution in [0.1, 0.15) is 11.1 Å². The van der Waals surface area contributed by atoms with Crippen molar-refractivity contribution >= 4 is 35.2 Å². The summed E-state index contributed by atoms with van der Waals surface area (Å²) < 4.78 is 5.83. The Morgan fingerprint density at radius 3 is 2.59 bits per heavy atom. The highest BCUT2D eigenvalue weighted by Gasteiger charge is 2.32. The lowest BCUT2D eigenvalue weighted by molar-refractivity contribution is -0.128. The van der Waals surface area contributed by atoms with E-state index in [0.29, 0.717) is 17.1 Å². The summed E-state index contributed by atoms with van der Waals surface area (Å²) in [5.74, 6) is 0.346. The minimum Gasteiger partial charge on any atom is -0.457 e. The molecule has 0 aliphatic carbocycles. The molecule has 1 N–H and O–H groups in total. The Bertz CT molecular complexity index is 948. The first-order valence-corrected chi connectivity index (χ1v) is 8.73. The van der Waals surface area contributed by atoms with Crippen LogP contribution in [0.5, 0.6) is 11.5 Å². The van der Waals surface area contributed by atoms with Crippen molar-refractivity contribution in [2.75, 3.05) is 6.54 Å². The maximum atomic E-state index is 12.6. The van der Waals surface area contributed by atoms with Gasteiger partial charge in [-0.1, -0.05) is 35.9 Å². The van der Waals surface area contributed by atoms with Crippen LogP contribution in [0.3, 0.4) is 0 Å². The zero-order valence-electron chi connectivity index (χ0n) is 14.8. The van der Waals surface area contributed by atoms with E-state index < -0.39 is 11.8 Å². The Morgan fingerprint density at radius 1 is 1.15 bits per heavy atom. The first-order valence-electron chi connectivity index (χ1n) is 8.32. The van der Waals surface area contributed by atoms with E-state index in [-0.39, 0.29) is 17.2 Å². The van der Waals surface area contributed by atoms with Gasteiger partial charge in [0.25, 0.3) is 11.8 Å². The summed E-state index contributed by atoms with van der Waals surface area (Å²) in [6.07, 6.45) is 3.08. The van der Waals surface area contributed by atoms with Gasteiger partial charge in [0.05, 0.1) is 0 Å². The number of hydrogen-bond donors (Lipinski definition) is 1. The largest absolute Gasteiger partial charge is 0.457 e. The predicted octanol–water partition coefficient (Wildman–Crippen LogP) is 3.60. The molecule has 136 valence electrons. The standard InChI is InChI=1S/C21H18N2O3S/c1-3-11-23-20(25)18(19(24)22-21(23)27)13-15-5-4-6-17(12-15)26-16-9-7-14(2)8-10-16/h3-10,12-13H,1,11H2,2H3,(H,22,24,27). The Kier molecular flexibility index (Phi) is 5.47. The predicted molar refractivity (Wildman–Crippen MR) is 108 cm³/mol. The normalized spacial score (nSPS) is 15.7. The van der Waals surface area contributed by atoms with Gasteiger partial charge in [0.15, 0.2) is 5.11 Å². The van der Waals surface area contributed by atoms with E-state index in [1.807, 2.05) is 37.3 Å². The third kappa shape index (κ3) is 4.30. The van der Waals surface area contributed by atoms with Gasteiger partial charge in [-0.2, -0.15) is 0 Å². The molecule has 6 heteroatoms. The molecule has 0 saturated carbocycles.